The zero-order chi connectivity index (χ0) is 21.1. The van der Waals surface area contributed by atoms with Crippen LogP contribution in [0.25, 0.3) is 15.5 Å². The van der Waals surface area contributed by atoms with Crippen molar-refractivity contribution in [3.8, 4) is 16.3 Å². The highest BCUT2D eigenvalue weighted by Crippen LogP contribution is 2.25. The second-order valence-electron chi connectivity index (χ2n) is 7.10. The van der Waals surface area contributed by atoms with Crippen molar-refractivity contribution in [1.29, 1.82) is 0 Å². The molecule has 1 amide bonds. The summed E-state index contributed by atoms with van der Waals surface area (Å²) in [6, 6.07) is 13.9. The van der Waals surface area contributed by atoms with E-state index < -0.39 is 0 Å². The minimum Gasteiger partial charge on any atom is -0.484 e. The molecule has 154 valence electrons. The van der Waals surface area contributed by atoms with E-state index in [1.807, 2.05) is 63.2 Å². The molecule has 0 bridgehead atoms. The monoisotopic (exact) mass is 421 g/mol. The van der Waals surface area contributed by atoms with E-state index in [1.54, 1.807) is 4.52 Å². The van der Waals surface area contributed by atoms with Gasteiger partial charge in [-0.2, -0.15) is 9.61 Å². The minimum absolute atomic E-state index is 0.00527. The standard InChI is InChI=1S/C22H23N5O2S/c1-4-19-24-25-22-27(19)26-21(30-22)17-8-6-16(7-9-17)12-23-20(28)13-29-18-10-5-14(2)11-15(18)3/h5-11H,4,12-13H2,1-3H3,(H,23,28). The summed E-state index contributed by atoms with van der Waals surface area (Å²) >= 11 is 1.51. The first-order chi connectivity index (χ1) is 14.5. The molecule has 2 aromatic heterocycles. The van der Waals surface area contributed by atoms with E-state index in [1.165, 1.54) is 16.9 Å². The molecule has 0 atom stereocenters. The Balaban J connectivity index is 1.32. The molecule has 1 N–H and O–H groups in total. The zero-order valence-corrected chi connectivity index (χ0v) is 18.0. The summed E-state index contributed by atoms with van der Waals surface area (Å²) in [6.07, 6.45) is 0.788. The van der Waals surface area contributed by atoms with Crippen molar-refractivity contribution in [2.45, 2.75) is 33.7 Å². The summed E-state index contributed by atoms with van der Waals surface area (Å²) in [6.45, 7) is 6.48. The number of ether oxygens (including phenoxy) is 1. The van der Waals surface area contributed by atoms with E-state index in [9.17, 15) is 4.79 Å². The number of benzene rings is 2. The Morgan fingerprint density at radius 2 is 1.93 bits per heavy atom. The number of fused-ring (bicyclic) bond motifs is 1. The largest absolute Gasteiger partial charge is 0.484 e. The number of rotatable bonds is 7. The van der Waals surface area contributed by atoms with Gasteiger partial charge in [-0.05, 0) is 31.0 Å². The van der Waals surface area contributed by atoms with Crippen LogP contribution in [0.3, 0.4) is 0 Å². The molecule has 4 rings (SSSR count). The number of aromatic nitrogens is 4. The molecule has 8 heteroatoms. The van der Waals surface area contributed by atoms with Crippen LogP contribution >= 0.6 is 11.3 Å². The molecule has 4 aromatic rings. The van der Waals surface area contributed by atoms with Crippen LogP contribution in [0, 0.1) is 13.8 Å². The lowest BCUT2D eigenvalue weighted by atomic mass is 10.1. The molecule has 2 aromatic carbocycles. The molecule has 2 heterocycles. The lowest BCUT2D eigenvalue weighted by Crippen LogP contribution is -2.28. The van der Waals surface area contributed by atoms with Gasteiger partial charge in [0.15, 0.2) is 12.4 Å². The Hall–Kier alpha value is -3.26. The molecule has 0 aliphatic rings. The summed E-state index contributed by atoms with van der Waals surface area (Å²) in [5, 5.41) is 16.7. The van der Waals surface area contributed by atoms with Gasteiger partial charge in [-0.1, -0.05) is 60.2 Å². The van der Waals surface area contributed by atoms with Crippen molar-refractivity contribution < 1.29 is 9.53 Å². The average molecular weight is 422 g/mol. The first-order valence-electron chi connectivity index (χ1n) is 9.80. The fraction of sp³-hybridized carbons (Fsp3) is 0.273. The van der Waals surface area contributed by atoms with Crippen LogP contribution < -0.4 is 10.1 Å². The molecule has 0 saturated heterocycles. The summed E-state index contributed by atoms with van der Waals surface area (Å²) in [7, 11) is 0. The molecular weight excluding hydrogens is 398 g/mol. The van der Waals surface area contributed by atoms with E-state index in [-0.39, 0.29) is 12.5 Å². The number of carbonyl (C=O) groups is 1. The predicted octanol–water partition coefficient (Wildman–Crippen LogP) is 3.73. The van der Waals surface area contributed by atoms with Crippen molar-refractivity contribution in [3.63, 3.8) is 0 Å². The number of amides is 1. The molecule has 0 spiro atoms. The highest BCUT2D eigenvalue weighted by molar-refractivity contribution is 7.19. The number of aryl methyl sites for hydroxylation is 3. The number of nitrogens with zero attached hydrogens (tertiary/aromatic N) is 4. The number of carbonyl (C=O) groups excluding carboxylic acids is 1. The lowest BCUT2D eigenvalue weighted by Gasteiger charge is -2.10. The van der Waals surface area contributed by atoms with Crippen LogP contribution in [0.1, 0.15) is 29.4 Å². The highest BCUT2D eigenvalue weighted by atomic mass is 32.1. The van der Waals surface area contributed by atoms with E-state index in [2.05, 4.69) is 20.6 Å². The van der Waals surface area contributed by atoms with Gasteiger partial charge < -0.3 is 10.1 Å². The fourth-order valence-corrected chi connectivity index (χ4v) is 3.98. The molecule has 30 heavy (non-hydrogen) atoms. The van der Waals surface area contributed by atoms with Gasteiger partial charge in [0.1, 0.15) is 10.8 Å². The summed E-state index contributed by atoms with van der Waals surface area (Å²) in [5.74, 6) is 1.44. The van der Waals surface area contributed by atoms with E-state index in [0.717, 1.165) is 44.7 Å². The van der Waals surface area contributed by atoms with Crippen LogP contribution in [-0.4, -0.2) is 32.3 Å². The topological polar surface area (TPSA) is 81.4 Å². The van der Waals surface area contributed by atoms with Gasteiger partial charge >= 0.3 is 0 Å². The second-order valence-corrected chi connectivity index (χ2v) is 8.06. The molecule has 0 radical (unpaired) electrons. The van der Waals surface area contributed by atoms with Gasteiger partial charge in [0.05, 0.1) is 0 Å². The van der Waals surface area contributed by atoms with Gasteiger partial charge in [0.25, 0.3) is 5.91 Å². The van der Waals surface area contributed by atoms with Gasteiger partial charge in [0, 0.05) is 18.5 Å². The van der Waals surface area contributed by atoms with Crippen molar-refractivity contribution in [2.24, 2.45) is 0 Å². The normalized spacial score (nSPS) is 11.0. The Labute approximate surface area is 178 Å². The maximum Gasteiger partial charge on any atom is 0.258 e. The Bertz CT molecular complexity index is 1180. The van der Waals surface area contributed by atoms with Gasteiger partial charge in [0.2, 0.25) is 4.96 Å². The predicted molar refractivity (Wildman–Crippen MR) is 117 cm³/mol. The van der Waals surface area contributed by atoms with Crippen LogP contribution in [0.4, 0.5) is 0 Å². The minimum atomic E-state index is -0.153. The quantitative estimate of drug-likeness (QED) is 0.492. The molecule has 0 fully saturated rings. The average Bonchev–Trinajstić information content (AvgIpc) is 3.32. The van der Waals surface area contributed by atoms with Crippen LogP contribution in [-0.2, 0) is 17.8 Å². The SMILES string of the molecule is CCc1nnc2sc(-c3ccc(CNC(=O)COc4ccc(C)cc4C)cc3)nn12. The second kappa shape index (κ2) is 8.62. The molecule has 0 unspecified atom stereocenters. The van der Waals surface area contributed by atoms with E-state index >= 15 is 0 Å². The Morgan fingerprint density at radius 1 is 1.13 bits per heavy atom. The van der Waals surface area contributed by atoms with Gasteiger partial charge in [-0.3, -0.25) is 4.79 Å². The molecule has 0 aliphatic carbocycles. The van der Waals surface area contributed by atoms with Crippen molar-refractivity contribution in [3.05, 3.63) is 65.0 Å². The maximum absolute atomic E-state index is 12.1. The van der Waals surface area contributed by atoms with Gasteiger partial charge in [-0.15, -0.1) is 10.2 Å². The highest BCUT2D eigenvalue weighted by Gasteiger charge is 2.12. The first kappa shape index (κ1) is 20.0. The molecular formula is C22H23N5O2S. The molecule has 0 saturated carbocycles. The van der Waals surface area contributed by atoms with E-state index in [4.69, 9.17) is 4.74 Å². The van der Waals surface area contributed by atoms with E-state index in [0.29, 0.717) is 6.54 Å². The smallest absolute Gasteiger partial charge is 0.258 e. The van der Waals surface area contributed by atoms with Gasteiger partial charge in [-0.25, -0.2) is 0 Å². The third-order valence-electron chi connectivity index (χ3n) is 4.75. The summed E-state index contributed by atoms with van der Waals surface area (Å²) in [5.41, 5.74) is 4.22. The van der Waals surface area contributed by atoms with Crippen molar-refractivity contribution in [1.82, 2.24) is 25.1 Å². The third kappa shape index (κ3) is 4.33. The zero-order valence-electron chi connectivity index (χ0n) is 17.2. The summed E-state index contributed by atoms with van der Waals surface area (Å²) < 4.78 is 7.42. The summed E-state index contributed by atoms with van der Waals surface area (Å²) in [4.78, 5) is 12.9. The van der Waals surface area contributed by atoms with Crippen LogP contribution in [0.5, 0.6) is 5.75 Å². The number of hydrogen-bond donors (Lipinski definition) is 1. The first-order valence-corrected chi connectivity index (χ1v) is 10.6. The third-order valence-corrected chi connectivity index (χ3v) is 5.70. The van der Waals surface area contributed by atoms with Crippen LogP contribution in [0.2, 0.25) is 0 Å². The van der Waals surface area contributed by atoms with Crippen LogP contribution in [0.15, 0.2) is 42.5 Å². The molecule has 7 nitrogen and oxygen atoms in total. The lowest BCUT2D eigenvalue weighted by molar-refractivity contribution is -0.123. The maximum atomic E-state index is 12.1. The number of nitrogens with one attached hydrogen (secondary N) is 1. The fourth-order valence-electron chi connectivity index (χ4n) is 3.12. The Kier molecular flexibility index (Phi) is 5.76. The molecule has 0 aliphatic heterocycles. The number of hydrogen-bond acceptors (Lipinski definition) is 6. The Morgan fingerprint density at radius 3 is 2.67 bits per heavy atom. The van der Waals surface area contributed by atoms with Crippen molar-refractivity contribution in [2.75, 3.05) is 6.61 Å². The van der Waals surface area contributed by atoms with Crippen molar-refractivity contribution >= 4 is 22.2 Å².